The summed E-state index contributed by atoms with van der Waals surface area (Å²) in [6, 6.07) is 16.6. The fourth-order valence-electron chi connectivity index (χ4n) is 8.95. The topological polar surface area (TPSA) is 91.2 Å². The molecule has 252 valence electrons. The summed E-state index contributed by atoms with van der Waals surface area (Å²) in [6.07, 6.45) is 13.5. The van der Waals surface area contributed by atoms with Gasteiger partial charge in [0.05, 0.1) is 37.5 Å². The van der Waals surface area contributed by atoms with Crippen molar-refractivity contribution in [2.45, 2.75) is 74.9 Å². The third-order valence-electron chi connectivity index (χ3n) is 11.5. The zero-order chi connectivity index (χ0) is 33.4. The molecule has 10 atom stereocenters. The van der Waals surface area contributed by atoms with Crippen LogP contribution in [-0.4, -0.2) is 81.5 Å². The monoisotopic (exact) mass is 648 g/mol. The Balaban J connectivity index is 0.000000152. The van der Waals surface area contributed by atoms with Gasteiger partial charge in [0.15, 0.2) is 0 Å². The zero-order valence-corrected chi connectivity index (χ0v) is 28.1. The number of aromatic nitrogens is 2. The summed E-state index contributed by atoms with van der Waals surface area (Å²) in [4.78, 5) is 13.7. The van der Waals surface area contributed by atoms with E-state index >= 15 is 0 Å². The lowest BCUT2D eigenvalue weighted by Gasteiger charge is -2.51. The summed E-state index contributed by atoms with van der Waals surface area (Å²) in [5.74, 6) is 2.97. The van der Waals surface area contributed by atoms with E-state index in [-0.39, 0.29) is 12.1 Å². The number of fused-ring (bicyclic) bond motifs is 8. The zero-order valence-electron chi connectivity index (χ0n) is 28.1. The van der Waals surface area contributed by atoms with Crippen molar-refractivity contribution in [3.8, 4) is 11.5 Å². The number of aliphatic hydroxyl groups is 2. The summed E-state index contributed by atoms with van der Waals surface area (Å²) >= 11 is 0. The fourth-order valence-corrected chi connectivity index (χ4v) is 8.95. The highest BCUT2D eigenvalue weighted by atomic mass is 16.5. The van der Waals surface area contributed by atoms with Gasteiger partial charge in [-0.15, -0.1) is 13.2 Å². The number of piperidine rings is 6. The average Bonchev–Trinajstić information content (AvgIpc) is 3.16. The Bertz CT molecular complexity index is 1650. The van der Waals surface area contributed by atoms with Crippen LogP contribution in [0.25, 0.3) is 21.8 Å². The fraction of sp³-hybridized carbons (Fsp3) is 0.450. The van der Waals surface area contributed by atoms with Gasteiger partial charge in [0.2, 0.25) is 0 Å². The van der Waals surface area contributed by atoms with Crippen LogP contribution in [0.3, 0.4) is 0 Å². The lowest BCUT2D eigenvalue weighted by atomic mass is 9.76. The van der Waals surface area contributed by atoms with Crippen molar-refractivity contribution in [2.75, 3.05) is 27.3 Å². The summed E-state index contributed by atoms with van der Waals surface area (Å²) in [7, 11) is 3.32. The molecule has 48 heavy (non-hydrogen) atoms. The van der Waals surface area contributed by atoms with Crippen LogP contribution >= 0.6 is 0 Å². The van der Waals surface area contributed by atoms with E-state index in [4.69, 9.17) is 9.47 Å². The second-order valence-corrected chi connectivity index (χ2v) is 13.9. The standard InChI is InChI=1S/2C20H24N2O2/c2*1-3-14-10-13-7-9-22(14)19(11-13)20(23)16-6-8-21-18-5-4-15(24-2)12-17(16)18/h2*3-6,8,12-14,19-20,23H,1,7,9-11H2,2H3/t13-,14+,19+,20+;13-,14-,19+,20?/m11/s1. The largest absolute Gasteiger partial charge is 0.497 e. The number of ether oxygens (including phenoxy) is 2. The van der Waals surface area contributed by atoms with E-state index in [0.717, 1.165) is 70.4 Å². The quantitative estimate of drug-likeness (QED) is 0.206. The molecule has 4 bridgehead atoms. The van der Waals surface area contributed by atoms with Crippen molar-refractivity contribution in [1.29, 1.82) is 0 Å². The van der Waals surface area contributed by atoms with Gasteiger partial charge in [-0.1, -0.05) is 12.2 Å². The highest BCUT2D eigenvalue weighted by Gasteiger charge is 2.43. The number of hydrogen-bond acceptors (Lipinski definition) is 8. The van der Waals surface area contributed by atoms with Gasteiger partial charge in [0.1, 0.15) is 11.5 Å². The normalized spacial score (nSPS) is 30.2. The number of nitrogens with zero attached hydrogens (tertiary/aromatic N) is 4. The molecule has 0 aliphatic carbocycles. The maximum absolute atomic E-state index is 11.2. The number of pyridine rings is 2. The van der Waals surface area contributed by atoms with Gasteiger partial charge in [-0.3, -0.25) is 19.8 Å². The molecule has 4 aromatic rings. The Labute approximate surface area is 283 Å². The second-order valence-electron chi connectivity index (χ2n) is 13.9. The Kier molecular flexibility index (Phi) is 9.52. The lowest BCUT2D eigenvalue weighted by molar-refractivity contribution is -0.0473. The van der Waals surface area contributed by atoms with Gasteiger partial charge < -0.3 is 19.7 Å². The molecular weight excluding hydrogens is 600 g/mol. The molecule has 3 unspecified atom stereocenters. The molecule has 6 saturated heterocycles. The second kappa shape index (κ2) is 14.0. The van der Waals surface area contributed by atoms with Crippen molar-refractivity contribution >= 4 is 21.8 Å². The molecule has 8 heteroatoms. The first-order chi connectivity index (χ1) is 23.4. The molecule has 0 spiro atoms. The molecule has 0 radical (unpaired) electrons. The third-order valence-corrected chi connectivity index (χ3v) is 11.5. The number of aliphatic hydroxyl groups excluding tert-OH is 2. The average molecular weight is 649 g/mol. The summed E-state index contributed by atoms with van der Waals surface area (Å²) in [6.45, 7) is 10.1. The minimum Gasteiger partial charge on any atom is -0.497 e. The minimum atomic E-state index is -0.520. The van der Waals surface area contributed by atoms with Crippen LogP contribution in [0.4, 0.5) is 0 Å². The highest BCUT2D eigenvalue weighted by molar-refractivity contribution is 5.84. The first-order valence-corrected chi connectivity index (χ1v) is 17.4. The Morgan fingerprint density at radius 2 is 1.12 bits per heavy atom. The van der Waals surface area contributed by atoms with Crippen molar-refractivity contribution < 1.29 is 19.7 Å². The van der Waals surface area contributed by atoms with Crippen molar-refractivity contribution in [2.24, 2.45) is 11.8 Å². The molecule has 6 fully saturated rings. The smallest absolute Gasteiger partial charge is 0.119 e. The Hall–Kier alpha value is -3.82. The van der Waals surface area contributed by atoms with Crippen LogP contribution in [0, 0.1) is 11.8 Å². The first kappa shape index (κ1) is 32.7. The van der Waals surface area contributed by atoms with Crippen LogP contribution in [0.1, 0.15) is 61.9 Å². The maximum atomic E-state index is 11.2. The molecule has 0 amide bonds. The van der Waals surface area contributed by atoms with Gasteiger partial charge in [0, 0.05) is 47.3 Å². The Morgan fingerprint density at radius 3 is 1.50 bits per heavy atom. The predicted octanol–water partition coefficient (Wildman–Crippen LogP) is 6.63. The maximum Gasteiger partial charge on any atom is 0.119 e. The number of rotatable bonds is 8. The van der Waals surface area contributed by atoms with Gasteiger partial charge in [-0.25, -0.2) is 0 Å². The van der Waals surface area contributed by atoms with E-state index in [1.54, 1.807) is 26.6 Å². The van der Waals surface area contributed by atoms with Gasteiger partial charge in [-0.2, -0.15) is 0 Å². The first-order valence-electron chi connectivity index (χ1n) is 17.4. The number of hydrogen-bond donors (Lipinski definition) is 2. The molecule has 8 nitrogen and oxygen atoms in total. The minimum absolute atomic E-state index is 0.150. The van der Waals surface area contributed by atoms with E-state index in [2.05, 4.69) is 32.9 Å². The van der Waals surface area contributed by atoms with Gasteiger partial charge in [-0.05, 0) is 123 Å². The molecule has 8 heterocycles. The van der Waals surface area contributed by atoms with Gasteiger partial charge in [0.25, 0.3) is 0 Å². The lowest BCUT2D eigenvalue weighted by Crippen LogP contribution is -2.55. The van der Waals surface area contributed by atoms with E-state index in [1.807, 2.05) is 60.7 Å². The van der Waals surface area contributed by atoms with Crippen molar-refractivity contribution in [3.05, 3.63) is 97.4 Å². The van der Waals surface area contributed by atoms with E-state index in [9.17, 15) is 10.2 Å². The Morgan fingerprint density at radius 1 is 0.688 bits per heavy atom. The SMILES string of the molecule is C=C[C@@H]1C[C@H]2CCN1[C@H](C(O)c1ccnc3ccc(OC)cc13)C2.C=C[C@H]1C[C@H]2CCN1[C@H]([C@@H](O)c1ccnc3ccc(OC)cc13)C2. The summed E-state index contributed by atoms with van der Waals surface area (Å²) < 4.78 is 10.7. The molecule has 2 aromatic carbocycles. The third kappa shape index (κ3) is 6.11. The van der Waals surface area contributed by atoms with Crippen LogP contribution in [0.15, 0.2) is 86.2 Å². The molecule has 2 N–H and O–H groups in total. The van der Waals surface area contributed by atoms with E-state index < -0.39 is 12.2 Å². The molecule has 10 rings (SSSR count). The predicted molar refractivity (Wildman–Crippen MR) is 190 cm³/mol. The van der Waals surface area contributed by atoms with Crippen LogP contribution < -0.4 is 9.47 Å². The van der Waals surface area contributed by atoms with Crippen molar-refractivity contribution in [1.82, 2.24) is 19.8 Å². The molecule has 6 aliphatic heterocycles. The van der Waals surface area contributed by atoms with Crippen LogP contribution in [-0.2, 0) is 0 Å². The van der Waals surface area contributed by atoms with E-state index in [0.29, 0.717) is 23.9 Å². The van der Waals surface area contributed by atoms with Crippen LogP contribution in [0.2, 0.25) is 0 Å². The summed E-state index contributed by atoms with van der Waals surface area (Å²) in [5.41, 5.74) is 3.67. The van der Waals surface area contributed by atoms with E-state index in [1.165, 1.54) is 25.7 Å². The summed E-state index contributed by atoms with van der Waals surface area (Å²) in [5, 5.41) is 24.3. The molecule has 2 aromatic heterocycles. The van der Waals surface area contributed by atoms with Crippen molar-refractivity contribution in [3.63, 3.8) is 0 Å². The molecule has 6 aliphatic rings. The van der Waals surface area contributed by atoms with Crippen LogP contribution in [0.5, 0.6) is 11.5 Å². The molecular formula is C40H48N4O4. The molecule has 0 saturated carbocycles. The number of benzene rings is 2. The highest BCUT2D eigenvalue weighted by Crippen LogP contribution is 2.44. The number of methoxy groups -OCH3 is 2. The van der Waals surface area contributed by atoms with Gasteiger partial charge >= 0.3 is 0 Å².